The lowest BCUT2D eigenvalue weighted by Gasteiger charge is -2.12. The average Bonchev–Trinajstić information content (AvgIpc) is 2.86. The number of carbonyl (C=O) groups excluding carboxylic acids is 2. The van der Waals surface area contributed by atoms with E-state index in [9.17, 15) is 9.59 Å². The Labute approximate surface area is 136 Å². The van der Waals surface area contributed by atoms with E-state index in [1.807, 2.05) is 0 Å². The highest BCUT2D eigenvalue weighted by molar-refractivity contribution is 8.03. The fourth-order valence-electron chi connectivity index (χ4n) is 1.70. The summed E-state index contributed by atoms with van der Waals surface area (Å²) >= 11 is 2.40. The third kappa shape index (κ3) is 3.89. The zero-order valence-corrected chi connectivity index (χ0v) is 13.8. The van der Waals surface area contributed by atoms with Crippen LogP contribution < -0.4 is 5.73 Å². The number of benzene rings is 1. The number of carbonyl (C=O) groups is 2. The summed E-state index contributed by atoms with van der Waals surface area (Å²) in [6, 6.07) is 5.36. The molecule has 6 nitrogen and oxygen atoms in total. The summed E-state index contributed by atoms with van der Waals surface area (Å²) in [6.07, 6.45) is 0. The van der Waals surface area contributed by atoms with Crippen LogP contribution in [0.15, 0.2) is 22.5 Å². The van der Waals surface area contributed by atoms with Gasteiger partial charge in [0, 0.05) is 5.69 Å². The van der Waals surface area contributed by atoms with Crippen LogP contribution in [-0.4, -0.2) is 35.4 Å². The maximum Gasteiger partial charge on any atom is 0.331 e. The lowest BCUT2D eigenvalue weighted by atomic mass is 10.3. The van der Waals surface area contributed by atoms with Crippen LogP contribution in [0.1, 0.15) is 13.8 Å². The summed E-state index contributed by atoms with van der Waals surface area (Å²) < 4.78 is 11.4. The van der Waals surface area contributed by atoms with E-state index in [0.29, 0.717) is 10.0 Å². The number of thioether (sulfide) groups is 1. The van der Waals surface area contributed by atoms with Gasteiger partial charge < -0.3 is 15.2 Å². The molecule has 0 spiro atoms. The van der Waals surface area contributed by atoms with Gasteiger partial charge in [-0.3, -0.25) is 9.59 Å². The first kappa shape index (κ1) is 16.6. The first-order valence-electron chi connectivity index (χ1n) is 6.71. The molecule has 1 heterocycles. The Morgan fingerprint density at radius 1 is 1.27 bits per heavy atom. The van der Waals surface area contributed by atoms with Crippen molar-refractivity contribution < 1.29 is 19.1 Å². The molecule has 0 bridgehead atoms. The average molecular weight is 340 g/mol. The van der Waals surface area contributed by atoms with Gasteiger partial charge in [-0.15, -0.1) is 11.3 Å². The van der Waals surface area contributed by atoms with Gasteiger partial charge in [0.05, 0.1) is 23.4 Å². The smallest absolute Gasteiger partial charge is 0.331 e. The minimum atomic E-state index is -1.07. The molecule has 0 saturated carbocycles. The Balaban J connectivity index is 2.23. The van der Waals surface area contributed by atoms with Crippen LogP contribution in [0.3, 0.4) is 0 Å². The van der Waals surface area contributed by atoms with Crippen molar-refractivity contribution in [2.75, 3.05) is 18.9 Å². The number of nitrogens with zero attached hydrogens (tertiary/aromatic N) is 1. The SMILES string of the molecule is CCOC(=O)C(Sc1nc2ccc(N)cc2s1)C(=O)OCC. The van der Waals surface area contributed by atoms with E-state index in [4.69, 9.17) is 15.2 Å². The van der Waals surface area contributed by atoms with Gasteiger partial charge in [-0.1, -0.05) is 11.8 Å². The number of nitrogens with two attached hydrogens (primary N) is 1. The fourth-order valence-corrected chi connectivity index (χ4v) is 3.88. The van der Waals surface area contributed by atoms with Crippen molar-refractivity contribution in [2.24, 2.45) is 0 Å². The molecule has 1 aromatic heterocycles. The summed E-state index contributed by atoms with van der Waals surface area (Å²) in [6.45, 7) is 3.77. The Bertz CT molecular complexity index is 669. The lowest BCUT2D eigenvalue weighted by Crippen LogP contribution is -2.30. The second-order valence-electron chi connectivity index (χ2n) is 4.21. The summed E-state index contributed by atoms with van der Waals surface area (Å²) in [4.78, 5) is 28.3. The number of thiazole rings is 1. The summed E-state index contributed by atoms with van der Waals surface area (Å²) in [7, 11) is 0. The van der Waals surface area contributed by atoms with Crippen molar-refractivity contribution >= 4 is 50.9 Å². The minimum absolute atomic E-state index is 0.200. The van der Waals surface area contributed by atoms with Crippen LogP contribution in [0.4, 0.5) is 5.69 Å². The van der Waals surface area contributed by atoms with E-state index in [2.05, 4.69) is 4.98 Å². The highest BCUT2D eigenvalue weighted by Gasteiger charge is 2.32. The third-order valence-corrected chi connectivity index (χ3v) is 4.88. The van der Waals surface area contributed by atoms with Gasteiger partial charge in [0.25, 0.3) is 0 Å². The first-order valence-corrected chi connectivity index (χ1v) is 8.40. The second kappa shape index (κ2) is 7.46. The molecular weight excluding hydrogens is 324 g/mol. The van der Waals surface area contributed by atoms with E-state index in [-0.39, 0.29) is 13.2 Å². The molecule has 0 saturated heterocycles. The Morgan fingerprint density at radius 2 is 1.91 bits per heavy atom. The summed E-state index contributed by atoms with van der Waals surface area (Å²) in [5.41, 5.74) is 7.14. The third-order valence-electron chi connectivity index (χ3n) is 2.61. The monoisotopic (exact) mass is 340 g/mol. The largest absolute Gasteiger partial charge is 0.465 e. The molecular formula is C14H16N2O4S2. The predicted octanol–water partition coefficient (Wildman–Crippen LogP) is 2.47. The second-order valence-corrected chi connectivity index (χ2v) is 6.59. The fraction of sp³-hybridized carbons (Fsp3) is 0.357. The molecule has 0 radical (unpaired) electrons. The quantitative estimate of drug-likeness (QED) is 0.374. The number of hydrogen-bond acceptors (Lipinski definition) is 8. The number of anilines is 1. The van der Waals surface area contributed by atoms with Crippen LogP contribution >= 0.6 is 23.1 Å². The first-order chi connectivity index (χ1) is 10.5. The standard InChI is InChI=1S/C14H16N2O4S2/c1-3-19-12(17)11(13(18)20-4-2)22-14-16-9-6-5-8(15)7-10(9)21-14/h5-7,11H,3-4,15H2,1-2H3. The lowest BCUT2D eigenvalue weighted by molar-refractivity contribution is -0.152. The van der Waals surface area contributed by atoms with Crippen molar-refractivity contribution in [3.8, 4) is 0 Å². The Kier molecular flexibility index (Phi) is 5.62. The zero-order valence-electron chi connectivity index (χ0n) is 12.2. The molecule has 118 valence electrons. The van der Waals surface area contributed by atoms with Crippen molar-refractivity contribution in [1.29, 1.82) is 0 Å². The van der Waals surface area contributed by atoms with Crippen molar-refractivity contribution in [3.63, 3.8) is 0 Å². The number of aromatic nitrogens is 1. The number of hydrogen-bond donors (Lipinski definition) is 1. The van der Waals surface area contributed by atoms with Crippen molar-refractivity contribution in [3.05, 3.63) is 18.2 Å². The predicted molar refractivity (Wildman–Crippen MR) is 86.9 cm³/mol. The highest BCUT2D eigenvalue weighted by atomic mass is 32.2. The van der Waals surface area contributed by atoms with Crippen molar-refractivity contribution in [2.45, 2.75) is 23.4 Å². The van der Waals surface area contributed by atoms with Crippen molar-refractivity contribution in [1.82, 2.24) is 4.98 Å². The molecule has 8 heteroatoms. The van der Waals surface area contributed by atoms with E-state index in [1.165, 1.54) is 11.3 Å². The molecule has 0 amide bonds. The minimum Gasteiger partial charge on any atom is -0.465 e. The Morgan fingerprint density at radius 3 is 2.50 bits per heavy atom. The molecule has 0 aliphatic rings. The van der Waals surface area contributed by atoms with E-state index < -0.39 is 17.2 Å². The van der Waals surface area contributed by atoms with Crippen LogP contribution in [0, 0.1) is 0 Å². The van der Waals surface area contributed by atoms with E-state index in [0.717, 1.165) is 22.0 Å². The highest BCUT2D eigenvalue weighted by Crippen LogP contribution is 2.33. The summed E-state index contributed by atoms with van der Waals surface area (Å²) in [5.74, 6) is -1.24. The molecule has 0 aliphatic carbocycles. The maximum absolute atomic E-state index is 11.9. The topological polar surface area (TPSA) is 91.5 Å². The van der Waals surface area contributed by atoms with Gasteiger partial charge in [-0.2, -0.15) is 0 Å². The molecule has 0 atom stereocenters. The van der Waals surface area contributed by atoms with E-state index >= 15 is 0 Å². The molecule has 0 fully saturated rings. The van der Waals surface area contributed by atoms with Crippen LogP contribution in [0.5, 0.6) is 0 Å². The van der Waals surface area contributed by atoms with Gasteiger partial charge in [0.15, 0.2) is 4.34 Å². The molecule has 1 aromatic carbocycles. The van der Waals surface area contributed by atoms with Gasteiger partial charge in [-0.05, 0) is 32.0 Å². The molecule has 22 heavy (non-hydrogen) atoms. The van der Waals surface area contributed by atoms with Gasteiger partial charge in [0.2, 0.25) is 5.25 Å². The van der Waals surface area contributed by atoms with Gasteiger partial charge in [0.1, 0.15) is 0 Å². The van der Waals surface area contributed by atoms with Crippen LogP contribution in [0.2, 0.25) is 0 Å². The zero-order chi connectivity index (χ0) is 16.1. The normalized spacial score (nSPS) is 10.9. The molecule has 2 rings (SSSR count). The molecule has 0 unspecified atom stereocenters. The number of nitrogen functional groups attached to an aromatic ring is 1. The number of esters is 2. The molecule has 2 aromatic rings. The van der Waals surface area contributed by atoms with Gasteiger partial charge in [-0.25, -0.2) is 4.98 Å². The summed E-state index contributed by atoms with van der Waals surface area (Å²) in [5, 5.41) is -1.07. The maximum atomic E-state index is 11.9. The number of rotatable bonds is 6. The van der Waals surface area contributed by atoms with Gasteiger partial charge >= 0.3 is 11.9 Å². The number of ether oxygens (including phenoxy) is 2. The molecule has 0 aliphatic heterocycles. The van der Waals surface area contributed by atoms with Crippen LogP contribution in [-0.2, 0) is 19.1 Å². The van der Waals surface area contributed by atoms with Crippen LogP contribution in [0.25, 0.3) is 10.2 Å². The molecule has 2 N–H and O–H groups in total. The number of fused-ring (bicyclic) bond motifs is 1. The van der Waals surface area contributed by atoms with E-state index in [1.54, 1.807) is 32.0 Å². The Hall–Kier alpha value is -1.80.